The molecule has 2 aliphatic rings. The first kappa shape index (κ1) is 31.3. The van der Waals surface area contributed by atoms with E-state index in [2.05, 4.69) is 32.4 Å². The highest BCUT2D eigenvalue weighted by Gasteiger charge is 2.27. The lowest BCUT2D eigenvalue weighted by molar-refractivity contribution is -0.110. The third-order valence-electron chi connectivity index (χ3n) is 7.51. The van der Waals surface area contributed by atoms with Crippen molar-refractivity contribution in [2.24, 2.45) is 5.16 Å². The van der Waals surface area contributed by atoms with Gasteiger partial charge in [0, 0.05) is 52.0 Å². The number of aromatic nitrogens is 2. The molecule has 3 aromatic rings. The molecule has 1 saturated heterocycles. The number of thiazole rings is 1. The molecule has 1 aliphatic heterocycles. The van der Waals surface area contributed by atoms with Gasteiger partial charge in [0.1, 0.15) is 22.6 Å². The minimum absolute atomic E-state index is 0.00536. The van der Waals surface area contributed by atoms with Crippen molar-refractivity contribution in [1.82, 2.24) is 14.9 Å². The van der Waals surface area contributed by atoms with Crippen LogP contribution < -0.4 is 10.1 Å². The van der Waals surface area contributed by atoms with E-state index in [1.54, 1.807) is 25.3 Å². The first-order chi connectivity index (χ1) is 20.7. The zero-order chi connectivity index (χ0) is 30.4. The average molecular weight is 632 g/mol. The number of fused-ring (bicyclic) bond motifs is 1. The number of pyridine rings is 1. The van der Waals surface area contributed by atoms with E-state index in [0.29, 0.717) is 46.4 Å². The van der Waals surface area contributed by atoms with Crippen LogP contribution in [0.2, 0.25) is 0 Å². The summed E-state index contributed by atoms with van der Waals surface area (Å²) in [4.78, 5) is 31.4. The number of nitrogens with zero attached hydrogens (tertiary/aromatic N) is 4. The predicted octanol–water partition coefficient (Wildman–Crippen LogP) is 3.51. The van der Waals surface area contributed by atoms with Crippen LogP contribution in [0.25, 0.3) is 10.3 Å². The number of rotatable bonds is 13. The average Bonchev–Trinajstić information content (AvgIpc) is 3.73. The predicted molar refractivity (Wildman–Crippen MR) is 164 cm³/mol. The maximum atomic E-state index is 13.5. The van der Waals surface area contributed by atoms with E-state index in [1.807, 2.05) is 6.07 Å². The van der Waals surface area contributed by atoms with Gasteiger partial charge in [-0.15, -0.1) is 0 Å². The van der Waals surface area contributed by atoms with Crippen LogP contribution in [-0.4, -0.2) is 99.9 Å². The number of likely N-dealkylation sites (tertiary alicyclic amines) is 1. The molecule has 0 bridgehead atoms. The van der Waals surface area contributed by atoms with Crippen molar-refractivity contribution in [2.45, 2.75) is 55.3 Å². The number of nitrogens with one attached hydrogen (secondary N) is 1. The van der Waals surface area contributed by atoms with Crippen molar-refractivity contribution in [1.29, 1.82) is 0 Å². The number of likely N-dealkylation sites (N-methyl/N-ethyl adjacent to an activating group) is 1. The lowest BCUT2D eigenvalue weighted by Gasteiger charge is -2.12. The molecule has 12 nitrogen and oxygen atoms in total. The molecule has 0 radical (unpaired) electrons. The number of carbonyl (C=O) groups is 1. The summed E-state index contributed by atoms with van der Waals surface area (Å²) in [5.74, 6) is -0.0573. The molecule has 43 heavy (non-hydrogen) atoms. The number of methoxy groups -OCH3 is 2. The Bertz CT molecular complexity index is 1540. The summed E-state index contributed by atoms with van der Waals surface area (Å²) in [7, 11) is 1.75. The molecule has 5 rings (SSSR count). The van der Waals surface area contributed by atoms with Crippen molar-refractivity contribution in [3.8, 4) is 5.88 Å². The molecule has 1 saturated carbocycles. The molecule has 1 aliphatic carbocycles. The van der Waals surface area contributed by atoms with Gasteiger partial charge in [-0.2, -0.15) is 0 Å². The Hall–Kier alpha value is -3.17. The molecule has 14 heteroatoms. The second-order valence-electron chi connectivity index (χ2n) is 10.8. The number of oxime groups is 1. The zero-order valence-electron chi connectivity index (χ0n) is 24.5. The number of sulfone groups is 1. The summed E-state index contributed by atoms with van der Waals surface area (Å²) in [5, 5.41) is 7.40. The van der Waals surface area contributed by atoms with Gasteiger partial charge in [-0.25, -0.2) is 18.4 Å². The smallest absolute Gasteiger partial charge is 0.280 e. The molecular weight excluding hydrogens is 594 g/mol. The first-order valence-corrected chi connectivity index (χ1v) is 16.7. The van der Waals surface area contributed by atoms with E-state index >= 15 is 0 Å². The highest BCUT2D eigenvalue weighted by atomic mass is 32.2. The Morgan fingerprint density at radius 2 is 1.86 bits per heavy atom. The second-order valence-corrected chi connectivity index (χ2v) is 13.9. The van der Waals surface area contributed by atoms with Crippen LogP contribution in [-0.2, 0) is 28.9 Å². The maximum Gasteiger partial charge on any atom is 0.280 e. The van der Waals surface area contributed by atoms with Gasteiger partial charge in [0.15, 0.2) is 20.7 Å². The van der Waals surface area contributed by atoms with E-state index in [4.69, 9.17) is 19.0 Å². The number of amides is 1. The van der Waals surface area contributed by atoms with Gasteiger partial charge in [0.2, 0.25) is 5.88 Å². The normalized spacial score (nSPS) is 21.4. The minimum atomic E-state index is -3.50. The number of hydrogen-bond donors (Lipinski definition) is 1. The number of benzene rings is 1. The molecule has 3 heterocycles. The van der Waals surface area contributed by atoms with Gasteiger partial charge in [-0.1, -0.05) is 28.6 Å². The van der Waals surface area contributed by atoms with Crippen molar-refractivity contribution in [3.05, 3.63) is 42.0 Å². The van der Waals surface area contributed by atoms with Gasteiger partial charge in [0.05, 0.1) is 16.8 Å². The van der Waals surface area contributed by atoms with E-state index in [1.165, 1.54) is 30.6 Å². The lowest BCUT2D eigenvalue weighted by atomic mass is 10.1. The van der Waals surface area contributed by atoms with Crippen LogP contribution in [0, 0.1) is 0 Å². The number of ether oxygens (including phenoxy) is 3. The fourth-order valence-corrected chi connectivity index (χ4v) is 7.24. The maximum absolute atomic E-state index is 13.5. The topological polar surface area (TPSA) is 142 Å². The summed E-state index contributed by atoms with van der Waals surface area (Å²) < 4.78 is 41.9. The Morgan fingerprint density at radius 1 is 1.07 bits per heavy atom. The van der Waals surface area contributed by atoms with Crippen LogP contribution in [0.4, 0.5) is 5.13 Å². The van der Waals surface area contributed by atoms with Crippen molar-refractivity contribution < 1.29 is 32.3 Å². The van der Waals surface area contributed by atoms with Crippen LogP contribution in [0.5, 0.6) is 5.88 Å². The Kier molecular flexibility index (Phi) is 10.2. The Labute approximate surface area is 255 Å². The quantitative estimate of drug-likeness (QED) is 0.169. The van der Waals surface area contributed by atoms with Crippen molar-refractivity contribution >= 4 is 48.3 Å². The third-order valence-corrected chi connectivity index (χ3v) is 10.2. The third kappa shape index (κ3) is 8.06. The van der Waals surface area contributed by atoms with E-state index in [-0.39, 0.29) is 34.7 Å². The largest absolute Gasteiger partial charge is 0.473 e. The number of hydrogen-bond acceptors (Lipinski definition) is 12. The van der Waals surface area contributed by atoms with Crippen molar-refractivity contribution in [2.75, 3.05) is 52.0 Å². The highest BCUT2D eigenvalue weighted by Crippen LogP contribution is 2.28. The molecule has 0 spiro atoms. The minimum Gasteiger partial charge on any atom is -0.473 e. The fraction of sp³-hybridized carbons (Fsp3) is 0.517. The zero-order valence-corrected chi connectivity index (χ0v) is 26.2. The molecular formula is C29H37N5O7S2. The van der Waals surface area contributed by atoms with Gasteiger partial charge < -0.3 is 23.9 Å². The van der Waals surface area contributed by atoms with Gasteiger partial charge in [-0.3, -0.25) is 10.1 Å². The Balaban J connectivity index is 1.33. The standard InChI is InChI=1S/C29H37N5O7S2/c1-34-14-13-22(18-34)40-25-12-11-24-28(31-25)42-29(30-24)32-27(35)26(33-41-21-8-7-20(17-21)39-3)19-5-9-23(10-6-19)43(36,37)16-4-15-38-2/h5-6,9-12,20-22H,4,7-8,13-18H2,1-3H3,(H,30,32,35)/b33-26+/t20-,21-,22-/m1/s1. The summed E-state index contributed by atoms with van der Waals surface area (Å²) in [6.45, 7) is 2.18. The van der Waals surface area contributed by atoms with E-state index < -0.39 is 15.7 Å². The van der Waals surface area contributed by atoms with E-state index in [9.17, 15) is 13.2 Å². The van der Waals surface area contributed by atoms with Crippen LogP contribution in [0.15, 0.2) is 46.4 Å². The van der Waals surface area contributed by atoms with Crippen LogP contribution >= 0.6 is 11.3 Å². The summed E-state index contributed by atoms with van der Waals surface area (Å²) >= 11 is 1.23. The lowest BCUT2D eigenvalue weighted by Crippen LogP contribution is -2.25. The molecule has 232 valence electrons. The molecule has 2 aromatic heterocycles. The first-order valence-electron chi connectivity index (χ1n) is 14.3. The molecule has 1 amide bonds. The van der Waals surface area contributed by atoms with Crippen LogP contribution in [0.3, 0.4) is 0 Å². The number of anilines is 1. The monoisotopic (exact) mass is 631 g/mol. The number of carbonyl (C=O) groups excluding carboxylic acids is 1. The Morgan fingerprint density at radius 3 is 2.56 bits per heavy atom. The summed E-state index contributed by atoms with van der Waals surface area (Å²) in [6.07, 6.45) is 3.56. The van der Waals surface area contributed by atoms with Crippen LogP contribution in [0.1, 0.15) is 37.7 Å². The highest BCUT2D eigenvalue weighted by molar-refractivity contribution is 7.91. The second kappa shape index (κ2) is 14.1. The SMILES string of the molecule is COCCCS(=O)(=O)c1ccc(/C(=N\O[C@@H]2CC[C@@H](OC)C2)C(=O)Nc2nc3ccc(O[C@@H]4CCN(C)C4)nc3s2)cc1. The van der Waals surface area contributed by atoms with Gasteiger partial charge >= 0.3 is 0 Å². The molecule has 1 N–H and O–H groups in total. The summed E-state index contributed by atoms with van der Waals surface area (Å²) in [5.41, 5.74) is 1.04. The summed E-state index contributed by atoms with van der Waals surface area (Å²) in [6, 6.07) is 9.67. The molecule has 0 unspecified atom stereocenters. The molecule has 3 atom stereocenters. The van der Waals surface area contributed by atoms with Crippen molar-refractivity contribution in [3.63, 3.8) is 0 Å². The van der Waals surface area contributed by atoms with Gasteiger partial charge in [0.25, 0.3) is 5.91 Å². The molecule has 2 fully saturated rings. The fourth-order valence-electron chi connectivity index (χ4n) is 5.13. The van der Waals surface area contributed by atoms with E-state index in [0.717, 1.165) is 32.4 Å². The molecule has 1 aromatic carbocycles. The van der Waals surface area contributed by atoms with Gasteiger partial charge in [-0.05, 0) is 50.9 Å².